The van der Waals surface area contributed by atoms with Crippen LogP contribution in [0.5, 0.6) is 0 Å². The largest absolute Gasteiger partial charge is 0.392 e. The maximum absolute atomic E-state index is 12.5. The predicted molar refractivity (Wildman–Crippen MR) is 84.2 cm³/mol. The Hall–Kier alpha value is -2.18. The van der Waals surface area contributed by atoms with Gasteiger partial charge in [-0.3, -0.25) is 9.48 Å². The molecular weight excluding hydrogens is 294 g/mol. The van der Waals surface area contributed by atoms with E-state index in [-0.39, 0.29) is 24.5 Å². The Kier molecular flexibility index (Phi) is 4.73. The molecule has 1 saturated heterocycles. The van der Waals surface area contributed by atoms with Gasteiger partial charge < -0.3 is 15.2 Å². The number of hydrogen-bond acceptors (Lipinski definition) is 4. The van der Waals surface area contributed by atoms with E-state index in [1.807, 2.05) is 37.5 Å². The summed E-state index contributed by atoms with van der Waals surface area (Å²) in [5, 5.41) is 16.5. The zero-order valence-electron chi connectivity index (χ0n) is 13.1. The average Bonchev–Trinajstić information content (AvgIpc) is 3.21. The van der Waals surface area contributed by atoms with E-state index in [2.05, 4.69) is 10.4 Å². The molecule has 23 heavy (non-hydrogen) atoms. The summed E-state index contributed by atoms with van der Waals surface area (Å²) < 4.78 is 7.44. The van der Waals surface area contributed by atoms with Gasteiger partial charge in [-0.15, -0.1) is 0 Å². The van der Waals surface area contributed by atoms with Gasteiger partial charge in [0, 0.05) is 32.0 Å². The molecule has 2 heterocycles. The summed E-state index contributed by atoms with van der Waals surface area (Å²) in [5.74, 6) is -0.232. The Morgan fingerprint density at radius 2 is 2.22 bits per heavy atom. The van der Waals surface area contributed by atoms with Gasteiger partial charge in [-0.2, -0.15) is 5.10 Å². The molecule has 1 aliphatic heterocycles. The van der Waals surface area contributed by atoms with Crippen molar-refractivity contribution in [1.82, 2.24) is 15.1 Å². The van der Waals surface area contributed by atoms with Gasteiger partial charge in [-0.1, -0.05) is 24.3 Å². The van der Waals surface area contributed by atoms with Gasteiger partial charge in [0.1, 0.15) is 0 Å². The lowest BCUT2D eigenvalue weighted by molar-refractivity contribution is -0.126. The Bertz CT molecular complexity index is 683. The molecule has 0 saturated carbocycles. The predicted octanol–water partition coefficient (Wildman–Crippen LogP) is 1.31. The van der Waals surface area contributed by atoms with Crippen molar-refractivity contribution in [3.63, 3.8) is 0 Å². The zero-order chi connectivity index (χ0) is 16.2. The summed E-state index contributed by atoms with van der Waals surface area (Å²) in [6, 6.07) is 7.55. The van der Waals surface area contributed by atoms with Crippen molar-refractivity contribution in [3.8, 4) is 0 Å². The number of aromatic nitrogens is 2. The van der Waals surface area contributed by atoms with E-state index in [4.69, 9.17) is 4.74 Å². The van der Waals surface area contributed by atoms with Crippen LogP contribution in [-0.4, -0.2) is 27.4 Å². The molecule has 1 amide bonds. The number of aryl methyl sites for hydroxylation is 1. The van der Waals surface area contributed by atoms with Crippen LogP contribution in [0.2, 0.25) is 0 Å². The van der Waals surface area contributed by atoms with Gasteiger partial charge in [-0.25, -0.2) is 0 Å². The third-order valence-corrected chi connectivity index (χ3v) is 4.22. The second-order valence-corrected chi connectivity index (χ2v) is 5.78. The highest BCUT2D eigenvalue weighted by molar-refractivity contribution is 5.79. The van der Waals surface area contributed by atoms with Crippen LogP contribution in [0.15, 0.2) is 36.7 Å². The number of benzene rings is 1. The standard InChI is InChI=1S/C17H21N3O3/c1-20-10-14(9-19-20)16-15(6-7-23-16)17(22)18-8-12-4-2-3-5-13(12)11-21/h2-5,9-10,15-16,21H,6-8,11H2,1H3,(H,18,22)/t15-,16+/m0/s1. The van der Waals surface area contributed by atoms with Crippen LogP contribution in [0.4, 0.5) is 0 Å². The van der Waals surface area contributed by atoms with Crippen molar-refractivity contribution in [2.75, 3.05) is 6.61 Å². The lowest BCUT2D eigenvalue weighted by Crippen LogP contribution is -2.32. The minimum absolute atomic E-state index is 0.0240. The molecule has 3 rings (SSSR count). The summed E-state index contributed by atoms with van der Waals surface area (Å²) in [6.45, 7) is 0.952. The molecule has 122 valence electrons. The van der Waals surface area contributed by atoms with Gasteiger partial charge in [0.25, 0.3) is 0 Å². The monoisotopic (exact) mass is 315 g/mol. The summed E-state index contributed by atoms with van der Waals surface area (Å²) in [7, 11) is 1.85. The van der Waals surface area contributed by atoms with E-state index in [0.29, 0.717) is 19.6 Å². The van der Waals surface area contributed by atoms with E-state index >= 15 is 0 Å². The quantitative estimate of drug-likeness (QED) is 0.872. The van der Waals surface area contributed by atoms with Crippen molar-refractivity contribution in [1.29, 1.82) is 0 Å². The summed E-state index contributed by atoms with van der Waals surface area (Å²) in [6.07, 6.45) is 4.10. The molecule has 1 fully saturated rings. The van der Waals surface area contributed by atoms with Gasteiger partial charge in [0.05, 0.1) is 24.8 Å². The highest BCUT2D eigenvalue weighted by Crippen LogP contribution is 2.34. The molecule has 2 N–H and O–H groups in total. The van der Waals surface area contributed by atoms with Crippen molar-refractivity contribution < 1.29 is 14.6 Å². The molecule has 0 bridgehead atoms. The van der Waals surface area contributed by atoms with Crippen LogP contribution >= 0.6 is 0 Å². The fraction of sp³-hybridized carbons (Fsp3) is 0.412. The highest BCUT2D eigenvalue weighted by Gasteiger charge is 2.35. The molecule has 0 aliphatic carbocycles. The van der Waals surface area contributed by atoms with Gasteiger partial charge in [-0.05, 0) is 17.5 Å². The number of nitrogens with one attached hydrogen (secondary N) is 1. The van der Waals surface area contributed by atoms with Crippen LogP contribution < -0.4 is 5.32 Å². The van der Waals surface area contributed by atoms with E-state index in [1.165, 1.54) is 0 Å². The first kappa shape index (κ1) is 15.7. The van der Waals surface area contributed by atoms with E-state index in [1.54, 1.807) is 10.9 Å². The molecule has 6 heteroatoms. The number of ether oxygens (including phenoxy) is 1. The van der Waals surface area contributed by atoms with Crippen LogP contribution in [0.3, 0.4) is 0 Å². The maximum Gasteiger partial charge on any atom is 0.226 e. The summed E-state index contributed by atoms with van der Waals surface area (Å²) in [4.78, 5) is 12.5. The molecule has 0 radical (unpaired) electrons. The Morgan fingerprint density at radius 1 is 1.43 bits per heavy atom. The minimum Gasteiger partial charge on any atom is -0.392 e. The number of rotatable bonds is 5. The van der Waals surface area contributed by atoms with Crippen molar-refractivity contribution >= 4 is 5.91 Å². The Morgan fingerprint density at radius 3 is 2.91 bits per heavy atom. The molecule has 6 nitrogen and oxygen atoms in total. The first-order valence-electron chi connectivity index (χ1n) is 7.74. The number of aliphatic hydroxyl groups is 1. The number of nitrogens with zero attached hydrogens (tertiary/aromatic N) is 2. The fourth-order valence-electron chi connectivity index (χ4n) is 2.97. The number of carbonyl (C=O) groups is 1. The molecule has 2 aromatic rings. The fourth-order valence-corrected chi connectivity index (χ4v) is 2.97. The first-order valence-corrected chi connectivity index (χ1v) is 7.74. The van der Waals surface area contributed by atoms with Crippen LogP contribution in [0.1, 0.15) is 29.2 Å². The molecule has 1 aromatic carbocycles. The minimum atomic E-state index is -0.239. The first-order chi connectivity index (χ1) is 11.2. The smallest absolute Gasteiger partial charge is 0.226 e. The summed E-state index contributed by atoms with van der Waals surface area (Å²) in [5.41, 5.74) is 2.69. The molecule has 2 atom stereocenters. The average molecular weight is 315 g/mol. The molecule has 1 aliphatic rings. The maximum atomic E-state index is 12.5. The number of hydrogen-bond donors (Lipinski definition) is 2. The van der Waals surface area contributed by atoms with Crippen LogP contribution in [-0.2, 0) is 29.7 Å². The van der Waals surface area contributed by atoms with Crippen LogP contribution in [0, 0.1) is 5.92 Å². The normalized spacial score (nSPS) is 20.6. The number of carbonyl (C=O) groups excluding carboxylic acids is 1. The third kappa shape index (κ3) is 3.43. The SMILES string of the molecule is Cn1cc([C@H]2OCC[C@@H]2C(=O)NCc2ccccc2CO)cn1. The van der Waals surface area contributed by atoms with E-state index in [0.717, 1.165) is 16.7 Å². The molecule has 0 spiro atoms. The zero-order valence-corrected chi connectivity index (χ0v) is 13.1. The highest BCUT2D eigenvalue weighted by atomic mass is 16.5. The molecule has 0 unspecified atom stereocenters. The Balaban J connectivity index is 1.65. The van der Waals surface area contributed by atoms with Gasteiger partial charge in [0.2, 0.25) is 5.91 Å². The summed E-state index contributed by atoms with van der Waals surface area (Å²) >= 11 is 0. The van der Waals surface area contributed by atoms with Gasteiger partial charge >= 0.3 is 0 Å². The van der Waals surface area contributed by atoms with Crippen molar-refractivity contribution in [2.24, 2.45) is 13.0 Å². The topological polar surface area (TPSA) is 76.4 Å². The lowest BCUT2D eigenvalue weighted by Gasteiger charge is -2.17. The van der Waals surface area contributed by atoms with E-state index in [9.17, 15) is 9.90 Å². The molecule has 1 aromatic heterocycles. The molecular formula is C17H21N3O3. The second-order valence-electron chi connectivity index (χ2n) is 5.78. The van der Waals surface area contributed by atoms with Crippen molar-refractivity contribution in [3.05, 3.63) is 53.3 Å². The third-order valence-electron chi connectivity index (χ3n) is 4.22. The number of amides is 1. The Labute approximate surface area is 135 Å². The van der Waals surface area contributed by atoms with Gasteiger partial charge in [0.15, 0.2) is 0 Å². The number of aliphatic hydroxyl groups excluding tert-OH is 1. The van der Waals surface area contributed by atoms with Crippen molar-refractivity contribution in [2.45, 2.75) is 25.7 Å². The van der Waals surface area contributed by atoms with Crippen LogP contribution in [0.25, 0.3) is 0 Å². The van der Waals surface area contributed by atoms with E-state index < -0.39 is 0 Å². The lowest BCUT2D eigenvalue weighted by atomic mass is 9.96. The second kappa shape index (κ2) is 6.93.